The minimum Gasteiger partial charge on any atom is -0.497 e. The van der Waals surface area contributed by atoms with Crippen molar-refractivity contribution in [3.05, 3.63) is 89.5 Å². The molecular weight excluding hydrogens is 633 g/mol. The summed E-state index contributed by atoms with van der Waals surface area (Å²) in [7, 11) is 4.30. The summed E-state index contributed by atoms with van der Waals surface area (Å²) in [5, 5.41) is 13.2. The fourth-order valence-corrected chi connectivity index (χ4v) is 5.03. The van der Waals surface area contributed by atoms with Crippen LogP contribution in [0.1, 0.15) is 16.7 Å². The lowest BCUT2D eigenvalue weighted by atomic mass is 10.2. The minimum absolute atomic E-state index is 0.650. The highest BCUT2D eigenvalue weighted by atomic mass is 32.4. The summed E-state index contributed by atoms with van der Waals surface area (Å²) in [6.45, 7) is 1.29. The van der Waals surface area contributed by atoms with Crippen molar-refractivity contribution >= 4 is 75.1 Å². The van der Waals surface area contributed by atoms with Gasteiger partial charge in [-0.3, -0.25) is 9.05 Å². The van der Waals surface area contributed by atoms with Crippen LogP contribution < -0.4 is 13.8 Å². The monoisotopic (exact) mass is 663 g/mol. The summed E-state index contributed by atoms with van der Waals surface area (Å²) < 4.78 is 22.0. The second-order valence-electron chi connectivity index (χ2n) is 8.24. The van der Waals surface area contributed by atoms with Crippen LogP contribution in [0.5, 0.6) is 17.2 Å². The van der Waals surface area contributed by atoms with Crippen molar-refractivity contribution < 1.29 is 13.8 Å². The van der Waals surface area contributed by atoms with Crippen molar-refractivity contribution in [3.8, 4) is 17.2 Å². The molecule has 0 aromatic heterocycles. The third-order valence-corrected chi connectivity index (χ3v) is 10.6. The molecule has 0 amide bonds. The molecule has 3 aromatic carbocycles. The van der Waals surface area contributed by atoms with E-state index in [4.69, 9.17) is 49.2 Å². The average Bonchev–Trinajstić information content (AvgIpc) is 2.98. The molecule has 0 heterocycles. The predicted octanol–water partition coefficient (Wildman–Crippen LogP) is 6.69. The van der Waals surface area contributed by atoms with Gasteiger partial charge in [0.25, 0.3) is 0 Å². The number of ether oxygens (including phenoxy) is 1. The average molecular weight is 664 g/mol. The highest BCUT2D eigenvalue weighted by Crippen LogP contribution is 2.32. The molecule has 0 aliphatic carbocycles. The van der Waals surface area contributed by atoms with Crippen LogP contribution in [0.25, 0.3) is 0 Å². The van der Waals surface area contributed by atoms with Gasteiger partial charge in [0.05, 0.1) is 46.9 Å². The van der Waals surface area contributed by atoms with Gasteiger partial charge in [-0.05, 0) is 89.5 Å². The Bertz CT molecular complexity index is 1440. The van der Waals surface area contributed by atoms with Gasteiger partial charge in [0.1, 0.15) is 12.4 Å². The van der Waals surface area contributed by atoms with Crippen molar-refractivity contribution in [2.75, 3.05) is 34.9 Å². The number of hydrazone groups is 3. The SMILES string of the molecule is COc1ccc(/C=N\N(C)[P+](=S)Oc2ccc(/C=N\N(C)[P+](=S)Oc3ccc(/C=N\N(C)[P+](C)=S)cc3)cc2)cc1. The molecule has 0 spiro atoms. The van der Waals surface area contributed by atoms with Crippen molar-refractivity contribution in [3.63, 3.8) is 0 Å². The molecule has 41 heavy (non-hydrogen) atoms. The Morgan fingerprint density at radius 2 is 0.878 bits per heavy atom. The van der Waals surface area contributed by atoms with Crippen molar-refractivity contribution in [2.45, 2.75) is 0 Å². The maximum atomic E-state index is 5.90. The summed E-state index contributed by atoms with van der Waals surface area (Å²) in [6.07, 6.45) is 5.21. The van der Waals surface area contributed by atoms with Gasteiger partial charge >= 0.3 is 21.0 Å². The normalized spacial score (nSPS) is 12.4. The molecule has 3 atom stereocenters. The van der Waals surface area contributed by atoms with Crippen molar-refractivity contribution in [2.24, 2.45) is 15.3 Å². The number of hydrogen-bond acceptors (Lipinski definition) is 9. The second-order valence-corrected chi connectivity index (χ2v) is 15.7. The van der Waals surface area contributed by atoms with Gasteiger partial charge in [-0.1, -0.05) is 9.56 Å². The van der Waals surface area contributed by atoms with Gasteiger partial charge < -0.3 is 4.74 Å². The van der Waals surface area contributed by atoms with Crippen LogP contribution in [0.2, 0.25) is 0 Å². The first-order valence-electron chi connectivity index (χ1n) is 12.0. The molecule has 212 valence electrons. The zero-order chi connectivity index (χ0) is 29.8. The summed E-state index contributed by atoms with van der Waals surface area (Å²) >= 11 is 16.3. The third kappa shape index (κ3) is 11.1. The molecule has 3 unspecified atom stereocenters. The van der Waals surface area contributed by atoms with E-state index in [0.29, 0.717) is 11.5 Å². The molecule has 0 radical (unpaired) electrons. The van der Waals surface area contributed by atoms with Crippen LogP contribution in [-0.4, -0.2) is 67.9 Å². The zero-order valence-electron chi connectivity index (χ0n) is 23.1. The van der Waals surface area contributed by atoms with Gasteiger partial charge in [0, 0.05) is 0 Å². The molecule has 3 aromatic rings. The fourth-order valence-electron chi connectivity index (χ4n) is 2.83. The first-order valence-corrected chi connectivity index (χ1v) is 19.2. The van der Waals surface area contributed by atoms with Gasteiger partial charge in [-0.25, -0.2) is 0 Å². The molecule has 15 heteroatoms. The Hall–Kier alpha value is -2.97. The topological polar surface area (TPSA) is 74.5 Å². The van der Waals surface area contributed by atoms with Crippen LogP contribution in [0.3, 0.4) is 0 Å². The van der Waals surface area contributed by atoms with Crippen LogP contribution >= 0.6 is 21.0 Å². The Morgan fingerprint density at radius 1 is 0.561 bits per heavy atom. The Morgan fingerprint density at radius 3 is 1.20 bits per heavy atom. The van der Waals surface area contributed by atoms with E-state index in [-0.39, 0.29) is 0 Å². The summed E-state index contributed by atoms with van der Waals surface area (Å²) in [6, 6.07) is 22.6. The van der Waals surface area contributed by atoms with Gasteiger partial charge in [-0.2, -0.15) is 0 Å². The summed E-state index contributed by atoms with van der Waals surface area (Å²) in [4.78, 5) is 0. The van der Waals surface area contributed by atoms with Crippen LogP contribution in [0.15, 0.2) is 88.1 Å². The number of hydrogen-bond donors (Lipinski definition) is 0. The number of rotatable bonds is 14. The lowest BCUT2D eigenvalue weighted by Gasteiger charge is -2.04. The molecule has 0 N–H and O–H groups in total. The Kier molecular flexibility index (Phi) is 13.1. The van der Waals surface area contributed by atoms with Gasteiger partial charge in [0.2, 0.25) is 23.6 Å². The second kappa shape index (κ2) is 16.5. The van der Waals surface area contributed by atoms with Crippen LogP contribution in [0.4, 0.5) is 0 Å². The lowest BCUT2D eigenvalue weighted by Crippen LogP contribution is -2.04. The molecule has 9 nitrogen and oxygen atoms in total. The smallest absolute Gasteiger partial charge is 0.497 e. The standard InChI is InChI=1S/C26H30N6O3P3S3/c1-30(36(5)39)27-18-22-8-14-25(15-9-22)34-38(41)32(3)29-20-23-10-16-26(17-11-23)35-37(40)31(2)28-19-21-6-12-24(33-4)13-7-21/h6-20H,1-5H3/q+3/b27-18-,28-19-,29-20-. The largest absolute Gasteiger partial charge is 0.540 e. The highest BCUT2D eigenvalue weighted by molar-refractivity contribution is 8.03. The molecule has 0 saturated heterocycles. The molecule has 0 bridgehead atoms. The molecule has 0 aliphatic heterocycles. The van der Waals surface area contributed by atoms with Crippen molar-refractivity contribution in [1.29, 1.82) is 0 Å². The predicted molar refractivity (Wildman–Crippen MR) is 182 cm³/mol. The summed E-state index contributed by atoms with van der Waals surface area (Å²) in [5.41, 5.74) is 2.76. The Labute approximate surface area is 259 Å². The van der Waals surface area contributed by atoms with E-state index >= 15 is 0 Å². The highest BCUT2D eigenvalue weighted by Gasteiger charge is 2.21. The van der Waals surface area contributed by atoms with Gasteiger partial charge in [0.15, 0.2) is 23.3 Å². The molecule has 0 saturated carbocycles. The number of nitrogens with zero attached hydrogens (tertiary/aromatic N) is 6. The molecule has 0 aliphatic rings. The maximum Gasteiger partial charge on any atom is 0.540 e. The number of methoxy groups -OCH3 is 1. The third-order valence-electron chi connectivity index (χ3n) is 5.25. The Balaban J connectivity index is 1.48. The molecule has 0 fully saturated rings. The first kappa shape index (κ1) is 32.5. The fraction of sp³-hybridized carbons (Fsp3) is 0.192. The molecule has 3 rings (SSSR count). The summed E-state index contributed by atoms with van der Waals surface area (Å²) in [5.74, 6) is 2.11. The van der Waals surface area contributed by atoms with E-state index in [1.54, 1.807) is 54.2 Å². The van der Waals surface area contributed by atoms with Crippen LogP contribution in [-0.2, 0) is 35.4 Å². The van der Waals surface area contributed by atoms with E-state index in [1.807, 2.05) is 86.5 Å². The van der Waals surface area contributed by atoms with E-state index in [1.165, 1.54) is 0 Å². The van der Waals surface area contributed by atoms with E-state index < -0.39 is 21.0 Å². The minimum atomic E-state index is -1.39. The number of benzene rings is 3. The quantitative estimate of drug-likeness (QED) is 0.107. The lowest BCUT2D eigenvalue weighted by molar-refractivity contribution is 0.415. The first-order chi connectivity index (χ1) is 19.6. The van der Waals surface area contributed by atoms with Crippen LogP contribution in [0, 0.1) is 0 Å². The molecular formula is C26H30N6O3P3S3+3. The van der Waals surface area contributed by atoms with Crippen molar-refractivity contribution in [1.82, 2.24) is 14.3 Å². The van der Waals surface area contributed by atoms with Gasteiger partial charge in [-0.15, -0.1) is 20.1 Å². The zero-order valence-corrected chi connectivity index (χ0v) is 28.3. The van der Waals surface area contributed by atoms with E-state index in [2.05, 4.69) is 15.3 Å². The van der Waals surface area contributed by atoms with E-state index in [0.717, 1.165) is 22.4 Å². The van der Waals surface area contributed by atoms with E-state index in [9.17, 15) is 0 Å². The maximum absolute atomic E-state index is 5.90.